The molecule has 0 saturated heterocycles. The number of amides is 1. The molecule has 21 heavy (non-hydrogen) atoms. The Morgan fingerprint density at radius 1 is 1.33 bits per heavy atom. The number of nitrogens with one attached hydrogen (secondary N) is 2. The van der Waals surface area contributed by atoms with Gasteiger partial charge in [-0.1, -0.05) is 12.2 Å². The van der Waals surface area contributed by atoms with Crippen LogP contribution in [0.2, 0.25) is 0 Å². The summed E-state index contributed by atoms with van der Waals surface area (Å²) in [6.07, 6.45) is 3.35. The maximum atomic E-state index is 12.1. The van der Waals surface area contributed by atoms with Gasteiger partial charge in [-0.2, -0.15) is 0 Å². The summed E-state index contributed by atoms with van der Waals surface area (Å²) >= 11 is 5.09. The highest BCUT2D eigenvalue weighted by atomic mass is 32.1. The molecule has 2 aromatic heterocycles. The van der Waals surface area contributed by atoms with E-state index in [2.05, 4.69) is 34.0 Å². The third kappa shape index (κ3) is 3.66. The molecule has 0 aliphatic heterocycles. The van der Waals surface area contributed by atoms with Crippen molar-refractivity contribution >= 4 is 29.6 Å². The fourth-order valence-electron chi connectivity index (χ4n) is 1.99. The number of aromatic nitrogens is 2. The topological polar surface area (TPSA) is 61.0 Å². The number of hydrogen-bond donors (Lipinski definition) is 2. The fourth-order valence-corrected chi connectivity index (χ4v) is 2.22. The number of carbonyl (C=O) groups is 1. The molecular formula is C15H18N4OS. The maximum Gasteiger partial charge on any atom is 0.258 e. The minimum Gasteiger partial charge on any atom is -0.357 e. The van der Waals surface area contributed by atoms with Crippen LogP contribution in [0.5, 0.6) is 0 Å². The smallest absolute Gasteiger partial charge is 0.258 e. The highest BCUT2D eigenvalue weighted by Gasteiger charge is 2.09. The summed E-state index contributed by atoms with van der Waals surface area (Å²) in [5, 5.41) is 2.79. The first kappa shape index (κ1) is 15.2. The summed E-state index contributed by atoms with van der Waals surface area (Å²) < 4.78 is 0.419. The Morgan fingerprint density at radius 2 is 2.10 bits per heavy atom. The summed E-state index contributed by atoms with van der Waals surface area (Å²) in [5.74, 6) is 0.657. The predicted molar refractivity (Wildman–Crippen MR) is 87.4 cm³/mol. The molecule has 0 spiro atoms. The number of nitrogens with zero attached hydrogens (tertiary/aromatic N) is 2. The standard InChI is InChI=1S/C15H18N4OS/c1-3-19(4-2)13-8-7-11(10-17-13)18-14(20)12-6-5-9-16-15(12)21/h5-10H,3-4H2,1-2H3,(H,16,21)(H,18,20). The zero-order chi connectivity index (χ0) is 15.2. The van der Waals surface area contributed by atoms with Gasteiger partial charge in [0.05, 0.1) is 17.4 Å². The monoisotopic (exact) mass is 302 g/mol. The van der Waals surface area contributed by atoms with E-state index in [4.69, 9.17) is 12.2 Å². The van der Waals surface area contributed by atoms with Crippen molar-refractivity contribution in [3.05, 3.63) is 46.9 Å². The van der Waals surface area contributed by atoms with Crippen LogP contribution >= 0.6 is 12.2 Å². The van der Waals surface area contributed by atoms with Gasteiger partial charge >= 0.3 is 0 Å². The van der Waals surface area contributed by atoms with E-state index in [1.165, 1.54) is 0 Å². The highest BCUT2D eigenvalue weighted by molar-refractivity contribution is 7.71. The Hall–Kier alpha value is -2.21. The van der Waals surface area contributed by atoms with E-state index >= 15 is 0 Å². The van der Waals surface area contributed by atoms with E-state index in [0.29, 0.717) is 15.9 Å². The van der Waals surface area contributed by atoms with Crippen LogP contribution in [0.4, 0.5) is 11.5 Å². The minimum absolute atomic E-state index is 0.241. The van der Waals surface area contributed by atoms with Gasteiger partial charge in [-0.15, -0.1) is 0 Å². The molecule has 1 amide bonds. The predicted octanol–water partition coefficient (Wildman–Crippen LogP) is 3.24. The molecule has 0 saturated carbocycles. The second kappa shape index (κ2) is 6.99. The third-order valence-electron chi connectivity index (χ3n) is 3.16. The van der Waals surface area contributed by atoms with E-state index in [1.54, 1.807) is 24.5 Å². The molecule has 0 aliphatic rings. The second-order valence-corrected chi connectivity index (χ2v) is 4.85. The first-order valence-corrected chi connectivity index (χ1v) is 7.26. The number of anilines is 2. The number of rotatable bonds is 5. The van der Waals surface area contributed by atoms with E-state index in [1.807, 2.05) is 12.1 Å². The molecule has 2 N–H and O–H groups in total. The number of hydrogen-bond acceptors (Lipinski definition) is 4. The molecule has 6 heteroatoms. The van der Waals surface area contributed by atoms with Crippen molar-refractivity contribution in [2.75, 3.05) is 23.3 Å². The summed E-state index contributed by atoms with van der Waals surface area (Å²) in [6, 6.07) is 7.17. The Kier molecular flexibility index (Phi) is 5.05. The quantitative estimate of drug-likeness (QED) is 0.832. The van der Waals surface area contributed by atoms with E-state index < -0.39 is 0 Å². The first-order valence-electron chi connectivity index (χ1n) is 6.85. The summed E-state index contributed by atoms with van der Waals surface area (Å²) in [5.41, 5.74) is 1.09. The van der Waals surface area contributed by atoms with Crippen molar-refractivity contribution in [1.82, 2.24) is 9.97 Å². The molecule has 0 fully saturated rings. The van der Waals surface area contributed by atoms with Crippen LogP contribution in [-0.2, 0) is 0 Å². The van der Waals surface area contributed by atoms with Gasteiger partial charge in [-0.05, 0) is 38.1 Å². The minimum atomic E-state index is -0.241. The van der Waals surface area contributed by atoms with Gasteiger partial charge in [-0.25, -0.2) is 4.98 Å². The number of pyridine rings is 2. The van der Waals surface area contributed by atoms with Gasteiger partial charge < -0.3 is 15.2 Å². The lowest BCUT2D eigenvalue weighted by Crippen LogP contribution is -2.22. The zero-order valence-corrected chi connectivity index (χ0v) is 12.9. The molecule has 0 aromatic carbocycles. The maximum absolute atomic E-state index is 12.1. The summed E-state index contributed by atoms with van der Waals surface area (Å²) in [4.78, 5) is 21.5. The average Bonchev–Trinajstić information content (AvgIpc) is 2.50. The number of carbonyl (C=O) groups excluding carboxylic acids is 1. The van der Waals surface area contributed by atoms with Crippen LogP contribution in [0.25, 0.3) is 0 Å². The normalized spacial score (nSPS) is 10.2. The van der Waals surface area contributed by atoms with Gasteiger partial charge in [0.2, 0.25) is 0 Å². The molecule has 2 rings (SSSR count). The zero-order valence-electron chi connectivity index (χ0n) is 12.1. The SMILES string of the molecule is CCN(CC)c1ccc(NC(=O)c2ccc[nH]c2=S)cn1. The largest absolute Gasteiger partial charge is 0.357 e. The van der Waals surface area contributed by atoms with Crippen LogP contribution in [0, 0.1) is 4.64 Å². The Labute approximate surface area is 129 Å². The van der Waals surface area contributed by atoms with E-state index in [0.717, 1.165) is 18.9 Å². The molecule has 2 heterocycles. The molecule has 0 radical (unpaired) electrons. The van der Waals surface area contributed by atoms with Gasteiger partial charge in [-0.3, -0.25) is 4.79 Å². The molecule has 2 aromatic rings. The molecule has 5 nitrogen and oxygen atoms in total. The van der Waals surface area contributed by atoms with E-state index in [9.17, 15) is 4.79 Å². The molecule has 0 bridgehead atoms. The lowest BCUT2D eigenvalue weighted by atomic mass is 10.2. The van der Waals surface area contributed by atoms with Crippen LogP contribution in [0.15, 0.2) is 36.7 Å². The molecule has 0 atom stereocenters. The van der Waals surface area contributed by atoms with E-state index in [-0.39, 0.29) is 5.91 Å². The van der Waals surface area contributed by atoms with Gasteiger partial charge in [0.25, 0.3) is 5.91 Å². The van der Waals surface area contributed by atoms with Crippen molar-refractivity contribution in [2.45, 2.75) is 13.8 Å². The van der Waals surface area contributed by atoms with Crippen LogP contribution in [-0.4, -0.2) is 29.0 Å². The number of H-pyrrole nitrogens is 1. The van der Waals surface area contributed by atoms with Crippen molar-refractivity contribution < 1.29 is 4.79 Å². The average molecular weight is 302 g/mol. The molecule has 110 valence electrons. The Balaban J connectivity index is 2.12. The van der Waals surface area contributed by atoms with Crippen LogP contribution < -0.4 is 10.2 Å². The second-order valence-electron chi connectivity index (χ2n) is 4.44. The van der Waals surface area contributed by atoms with Crippen LogP contribution in [0.1, 0.15) is 24.2 Å². The van der Waals surface area contributed by atoms with Crippen molar-refractivity contribution in [3.8, 4) is 0 Å². The molecule has 0 aliphatic carbocycles. The van der Waals surface area contributed by atoms with Crippen molar-refractivity contribution in [3.63, 3.8) is 0 Å². The van der Waals surface area contributed by atoms with Gasteiger partial charge in [0, 0.05) is 19.3 Å². The summed E-state index contributed by atoms with van der Waals surface area (Å²) in [7, 11) is 0. The molecular weight excluding hydrogens is 284 g/mol. The van der Waals surface area contributed by atoms with Crippen LogP contribution in [0.3, 0.4) is 0 Å². The first-order chi connectivity index (χ1) is 10.2. The number of aromatic amines is 1. The lowest BCUT2D eigenvalue weighted by molar-refractivity contribution is 0.102. The Morgan fingerprint density at radius 3 is 2.67 bits per heavy atom. The van der Waals surface area contributed by atoms with Gasteiger partial charge in [0.15, 0.2) is 0 Å². The molecule has 0 unspecified atom stereocenters. The summed E-state index contributed by atoms with van der Waals surface area (Å²) in [6.45, 7) is 5.96. The van der Waals surface area contributed by atoms with Gasteiger partial charge in [0.1, 0.15) is 10.5 Å². The van der Waals surface area contributed by atoms with Crippen molar-refractivity contribution in [2.24, 2.45) is 0 Å². The fraction of sp³-hybridized carbons (Fsp3) is 0.267. The Bertz CT molecular complexity index is 662. The lowest BCUT2D eigenvalue weighted by Gasteiger charge is -2.19. The van der Waals surface area contributed by atoms with Crippen molar-refractivity contribution in [1.29, 1.82) is 0 Å². The highest BCUT2D eigenvalue weighted by Crippen LogP contribution is 2.14. The third-order valence-corrected chi connectivity index (χ3v) is 3.49.